The number of hydrogen-bond acceptors (Lipinski definition) is 10. The van der Waals surface area contributed by atoms with Gasteiger partial charge in [-0.25, -0.2) is 4.79 Å². The first-order chi connectivity index (χ1) is 15.9. The molecule has 33 heavy (non-hydrogen) atoms. The van der Waals surface area contributed by atoms with Gasteiger partial charge in [-0.05, 0) is 19.1 Å². The monoisotopic (exact) mass is 494 g/mol. The second-order valence-corrected chi connectivity index (χ2v) is 8.21. The quantitative estimate of drug-likeness (QED) is 0.182. The molecule has 0 unspecified atom stereocenters. The molecule has 0 saturated carbocycles. The van der Waals surface area contributed by atoms with Gasteiger partial charge in [0.1, 0.15) is 6.61 Å². The molecule has 0 aliphatic rings. The number of carboxylic acid groups (broad SMARTS) is 1. The Kier molecular flexibility index (Phi) is 16.7. The minimum atomic E-state index is -3.77. The van der Waals surface area contributed by atoms with Gasteiger partial charge in [0.2, 0.25) is 0 Å². The van der Waals surface area contributed by atoms with Gasteiger partial charge in [-0.2, -0.15) is 8.42 Å². The van der Waals surface area contributed by atoms with Crippen LogP contribution < -0.4 is 0 Å². The fourth-order valence-electron chi connectivity index (χ4n) is 2.23. The Balaban J connectivity index is 1.80. The third kappa shape index (κ3) is 16.6. The van der Waals surface area contributed by atoms with Crippen molar-refractivity contribution in [1.29, 1.82) is 0 Å². The van der Waals surface area contributed by atoms with E-state index in [4.69, 9.17) is 37.7 Å². The van der Waals surface area contributed by atoms with Crippen LogP contribution in [0.3, 0.4) is 0 Å². The first kappa shape index (κ1) is 29.4. The van der Waals surface area contributed by atoms with Gasteiger partial charge >= 0.3 is 5.97 Å². The molecule has 190 valence electrons. The average Bonchev–Trinajstić information content (AvgIpc) is 2.77. The van der Waals surface area contributed by atoms with E-state index >= 15 is 0 Å². The van der Waals surface area contributed by atoms with Crippen molar-refractivity contribution in [2.24, 2.45) is 0 Å². The molecule has 1 N–H and O–H groups in total. The van der Waals surface area contributed by atoms with Crippen LogP contribution in [-0.2, 0) is 47.5 Å². The molecule has 0 aliphatic carbocycles. The lowest BCUT2D eigenvalue weighted by Crippen LogP contribution is -2.15. The van der Waals surface area contributed by atoms with Crippen molar-refractivity contribution in [3.63, 3.8) is 0 Å². The summed E-state index contributed by atoms with van der Waals surface area (Å²) in [5.41, 5.74) is 0.970. The van der Waals surface area contributed by atoms with Gasteiger partial charge in [0.25, 0.3) is 10.1 Å². The molecule has 0 aromatic heterocycles. The Bertz CT molecular complexity index is 722. The predicted molar refractivity (Wildman–Crippen MR) is 117 cm³/mol. The molecule has 0 amide bonds. The summed E-state index contributed by atoms with van der Waals surface area (Å²) >= 11 is 0. The topological polar surface area (TPSA) is 136 Å². The maximum Gasteiger partial charge on any atom is 0.329 e. The smallest absolute Gasteiger partial charge is 0.329 e. The minimum absolute atomic E-state index is 0.0666. The normalized spacial score (nSPS) is 11.7. The van der Waals surface area contributed by atoms with Crippen molar-refractivity contribution in [2.75, 3.05) is 85.9 Å². The first-order valence-electron chi connectivity index (χ1n) is 10.6. The Labute approximate surface area is 194 Å². The molecule has 0 atom stereocenters. The van der Waals surface area contributed by atoms with E-state index in [0.29, 0.717) is 59.5 Å². The van der Waals surface area contributed by atoms with Gasteiger partial charge in [-0.3, -0.25) is 4.18 Å². The van der Waals surface area contributed by atoms with Gasteiger partial charge < -0.3 is 33.5 Å². The molecule has 1 aromatic carbocycles. The summed E-state index contributed by atoms with van der Waals surface area (Å²) in [5.74, 6) is -1.01. The SMILES string of the molecule is Cc1ccc(S(=O)(=O)OCCOCCOCCOCCOCCOCCOCC(=O)O)cc1. The van der Waals surface area contributed by atoms with E-state index in [1.165, 1.54) is 12.1 Å². The van der Waals surface area contributed by atoms with Crippen molar-refractivity contribution in [2.45, 2.75) is 11.8 Å². The Hall–Kier alpha value is -1.64. The van der Waals surface area contributed by atoms with Crippen LogP contribution in [0.25, 0.3) is 0 Å². The zero-order valence-electron chi connectivity index (χ0n) is 18.9. The van der Waals surface area contributed by atoms with Crippen LogP contribution in [0, 0.1) is 6.92 Å². The summed E-state index contributed by atoms with van der Waals surface area (Å²) in [4.78, 5) is 10.3. The highest BCUT2D eigenvalue weighted by Crippen LogP contribution is 2.12. The molecule has 11 nitrogen and oxygen atoms in total. The van der Waals surface area contributed by atoms with Crippen molar-refractivity contribution in [3.8, 4) is 0 Å². The van der Waals surface area contributed by atoms with Gasteiger partial charge in [0, 0.05) is 0 Å². The van der Waals surface area contributed by atoms with Crippen LogP contribution in [0.4, 0.5) is 0 Å². The highest BCUT2D eigenvalue weighted by atomic mass is 32.2. The van der Waals surface area contributed by atoms with Crippen molar-refractivity contribution < 1.29 is 50.9 Å². The molecule has 1 aromatic rings. The summed E-state index contributed by atoms with van der Waals surface area (Å²) in [7, 11) is -3.77. The zero-order chi connectivity index (χ0) is 24.2. The van der Waals surface area contributed by atoms with Gasteiger partial charge in [0.15, 0.2) is 0 Å². The third-order valence-corrected chi connectivity index (χ3v) is 5.19. The highest BCUT2D eigenvalue weighted by Gasteiger charge is 2.14. The largest absolute Gasteiger partial charge is 0.480 e. The lowest BCUT2D eigenvalue weighted by Gasteiger charge is -2.08. The van der Waals surface area contributed by atoms with E-state index in [-0.39, 0.29) is 31.3 Å². The van der Waals surface area contributed by atoms with Crippen molar-refractivity contribution in [3.05, 3.63) is 29.8 Å². The van der Waals surface area contributed by atoms with Crippen LogP contribution in [0.15, 0.2) is 29.2 Å². The summed E-state index contributed by atoms with van der Waals surface area (Å²) in [6, 6.07) is 6.44. The van der Waals surface area contributed by atoms with Crippen LogP contribution in [0.5, 0.6) is 0 Å². The van der Waals surface area contributed by atoms with E-state index in [1.807, 2.05) is 6.92 Å². The molecule has 0 spiro atoms. The molecular weight excluding hydrogens is 460 g/mol. The zero-order valence-corrected chi connectivity index (χ0v) is 19.8. The molecule has 0 radical (unpaired) electrons. The number of hydrogen-bond donors (Lipinski definition) is 1. The van der Waals surface area contributed by atoms with Crippen molar-refractivity contribution >= 4 is 16.1 Å². The number of aliphatic carboxylic acids is 1. The fourth-order valence-corrected chi connectivity index (χ4v) is 3.13. The second kappa shape index (κ2) is 18.7. The number of benzene rings is 1. The number of ether oxygens (including phenoxy) is 6. The molecule has 0 aliphatic heterocycles. The van der Waals surface area contributed by atoms with Crippen LogP contribution in [0.1, 0.15) is 5.56 Å². The second-order valence-electron chi connectivity index (χ2n) is 6.60. The lowest BCUT2D eigenvalue weighted by atomic mass is 10.2. The van der Waals surface area contributed by atoms with E-state index in [2.05, 4.69) is 0 Å². The molecule has 12 heteroatoms. The van der Waals surface area contributed by atoms with Crippen molar-refractivity contribution in [1.82, 2.24) is 0 Å². The Morgan fingerprint density at radius 3 is 1.42 bits per heavy atom. The summed E-state index contributed by atoms with van der Waals surface area (Å²) in [6.45, 7) is 5.31. The van der Waals surface area contributed by atoms with Crippen LogP contribution in [-0.4, -0.2) is 105 Å². The van der Waals surface area contributed by atoms with Gasteiger partial charge in [-0.1, -0.05) is 17.7 Å². The summed E-state index contributed by atoms with van der Waals surface area (Å²) in [5, 5.41) is 8.38. The minimum Gasteiger partial charge on any atom is -0.480 e. The maximum atomic E-state index is 12.0. The van der Waals surface area contributed by atoms with Crippen LogP contribution in [0.2, 0.25) is 0 Å². The Morgan fingerprint density at radius 2 is 1.03 bits per heavy atom. The lowest BCUT2D eigenvalue weighted by molar-refractivity contribution is -0.142. The first-order valence-corrected chi connectivity index (χ1v) is 12.0. The van der Waals surface area contributed by atoms with E-state index in [1.54, 1.807) is 12.1 Å². The molecule has 0 saturated heterocycles. The van der Waals surface area contributed by atoms with Gasteiger partial charge in [0.05, 0.1) is 84.2 Å². The molecular formula is C21H34O11S. The standard InChI is InChI=1S/C21H34O11S/c1-19-2-4-20(5-3-19)33(24,25)32-17-16-30-13-12-28-9-8-26-6-7-27-10-11-29-14-15-31-18-21(22)23/h2-5H,6-18H2,1H3,(H,22,23). The van der Waals surface area contributed by atoms with E-state index in [0.717, 1.165) is 5.56 Å². The predicted octanol–water partition coefficient (Wildman–Crippen LogP) is 0.885. The fraction of sp³-hybridized carbons (Fsp3) is 0.667. The molecule has 1 rings (SSSR count). The molecule has 0 fully saturated rings. The molecule has 0 bridgehead atoms. The third-order valence-electron chi connectivity index (χ3n) is 3.86. The number of carboxylic acids is 1. The van der Waals surface area contributed by atoms with E-state index in [9.17, 15) is 13.2 Å². The van der Waals surface area contributed by atoms with Crippen LogP contribution >= 0.6 is 0 Å². The number of carbonyl (C=O) groups is 1. The maximum absolute atomic E-state index is 12.0. The number of rotatable bonds is 22. The average molecular weight is 495 g/mol. The summed E-state index contributed by atoms with van der Waals surface area (Å²) < 4.78 is 60.3. The number of aryl methyl sites for hydroxylation is 1. The van der Waals surface area contributed by atoms with Gasteiger partial charge in [-0.15, -0.1) is 0 Å². The van der Waals surface area contributed by atoms with E-state index < -0.39 is 16.1 Å². The summed E-state index contributed by atoms with van der Waals surface area (Å²) in [6.07, 6.45) is 0. The highest BCUT2D eigenvalue weighted by molar-refractivity contribution is 7.86. The molecule has 0 heterocycles. The Morgan fingerprint density at radius 1 is 0.667 bits per heavy atom.